The molecular formula is C12H19IN2OS. The fourth-order valence-electron chi connectivity index (χ4n) is 1.36. The molecule has 1 aromatic rings. The third-order valence-corrected chi connectivity index (χ3v) is 3.10. The van der Waals surface area contributed by atoms with Gasteiger partial charge in [0, 0.05) is 28.1 Å². The minimum atomic E-state index is 0.721. The molecule has 96 valence electrons. The Balaban J connectivity index is 1.95. The minimum absolute atomic E-state index is 0.721. The number of unbranched alkanes of at least 4 members (excludes halogenated alkanes) is 2. The lowest BCUT2D eigenvalue weighted by molar-refractivity contribution is 0.293. The van der Waals surface area contributed by atoms with Crippen molar-refractivity contribution in [3.05, 3.63) is 21.9 Å². The predicted molar refractivity (Wildman–Crippen MR) is 83.0 cm³/mol. The summed E-state index contributed by atoms with van der Waals surface area (Å²) < 4.78 is 6.67. The Hall–Kier alpha value is -0.0100. The van der Waals surface area contributed by atoms with Crippen LogP contribution in [0.4, 0.5) is 0 Å². The van der Waals surface area contributed by atoms with Gasteiger partial charge >= 0.3 is 0 Å². The quantitative estimate of drug-likeness (QED) is 0.401. The second-order valence-electron chi connectivity index (χ2n) is 3.70. The zero-order chi connectivity index (χ0) is 12.3. The molecule has 1 rings (SSSR count). The monoisotopic (exact) mass is 366 g/mol. The molecule has 0 atom stereocenters. The molecule has 3 nitrogen and oxygen atoms in total. The topological polar surface area (TPSA) is 34.1 Å². The molecule has 0 aliphatic carbocycles. The molecule has 0 aliphatic rings. The van der Waals surface area contributed by atoms with Gasteiger partial charge in [0.25, 0.3) is 0 Å². The van der Waals surface area contributed by atoms with Crippen molar-refractivity contribution in [1.29, 1.82) is 0 Å². The Kier molecular flexibility index (Phi) is 8.82. The van der Waals surface area contributed by atoms with E-state index in [1.807, 2.05) is 18.3 Å². The van der Waals surface area contributed by atoms with Gasteiger partial charge in [0.05, 0.1) is 6.61 Å². The van der Waals surface area contributed by atoms with E-state index in [0.717, 1.165) is 41.3 Å². The standard InChI is InChI=1S/C12H19IN2OS/c13-11-4-5-12(15-10-11)16-8-3-1-2-6-14-7-9-17/h4-5,10,14,17H,1-3,6-9H2. The Bertz CT molecular complexity index is 295. The number of ether oxygens (including phenoxy) is 1. The molecule has 0 fully saturated rings. The van der Waals surface area contributed by atoms with E-state index in [1.54, 1.807) is 0 Å². The number of hydrogen-bond acceptors (Lipinski definition) is 4. The van der Waals surface area contributed by atoms with Gasteiger partial charge in [-0.05, 0) is 54.5 Å². The van der Waals surface area contributed by atoms with Crippen LogP contribution in [0.5, 0.6) is 5.88 Å². The molecule has 1 aromatic heterocycles. The molecule has 0 saturated heterocycles. The van der Waals surface area contributed by atoms with Gasteiger partial charge in [-0.3, -0.25) is 0 Å². The summed E-state index contributed by atoms with van der Waals surface area (Å²) in [5.41, 5.74) is 0. The van der Waals surface area contributed by atoms with E-state index < -0.39 is 0 Å². The van der Waals surface area contributed by atoms with Crippen LogP contribution in [0, 0.1) is 3.57 Å². The molecule has 0 spiro atoms. The van der Waals surface area contributed by atoms with E-state index in [-0.39, 0.29) is 0 Å². The lowest BCUT2D eigenvalue weighted by atomic mass is 10.2. The molecule has 0 aromatic carbocycles. The van der Waals surface area contributed by atoms with Crippen molar-refractivity contribution in [2.75, 3.05) is 25.4 Å². The zero-order valence-electron chi connectivity index (χ0n) is 9.86. The largest absolute Gasteiger partial charge is 0.478 e. The van der Waals surface area contributed by atoms with Crippen LogP contribution >= 0.6 is 35.2 Å². The van der Waals surface area contributed by atoms with E-state index in [1.165, 1.54) is 12.8 Å². The summed E-state index contributed by atoms with van der Waals surface area (Å²) in [6.45, 7) is 2.81. The van der Waals surface area contributed by atoms with Crippen LogP contribution < -0.4 is 10.1 Å². The van der Waals surface area contributed by atoms with Crippen molar-refractivity contribution in [3.63, 3.8) is 0 Å². The van der Waals surface area contributed by atoms with Gasteiger partial charge < -0.3 is 10.1 Å². The van der Waals surface area contributed by atoms with Gasteiger partial charge in [0.15, 0.2) is 0 Å². The lowest BCUT2D eigenvalue weighted by Gasteiger charge is -2.05. The minimum Gasteiger partial charge on any atom is -0.478 e. The first-order chi connectivity index (χ1) is 8.33. The van der Waals surface area contributed by atoms with Crippen LogP contribution in [0.1, 0.15) is 19.3 Å². The van der Waals surface area contributed by atoms with Crippen molar-refractivity contribution >= 4 is 35.2 Å². The van der Waals surface area contributed by atoms with Crippen LogP contribution in [0.25, 0.3) is 0 Å². The summed E-state index contributed by atoms with van der Waals surface area (Å²) in [6.07, 6.45) is 5.27. The third kappa shape index (κ3) is 7.83. The summed E-state index contributed by atoms with van der Waals surface area (Å²) >= 11 is 6.37. The average Bonchev–Trinajstić information content (AvgIpc) is 2.35. The van der Waals surface area contributed by atoms with Crippen LogP contribution in [-0.4, -0.2) is 30.4 Å². The smallest absolute Gasteiger partial charge is 0.213 e. The first kappa shape index (κ1) is 15.0. The van der Waals surface area contributed by atoms with Gasteiger partial charge in [0.2, 0.25) is 5.88 Å². The Morgan fingerprint density at radius 1 is 1.24 bits per heavy atom. The maximum Gasteiger partial charge on any atom is 0.213 e. The normalized spacial score (nSPS) is 10.5. The van der Waals surface area contributed by atoms with Crippen molar-refractivity contribution in [3.8, 4) is 5.88 Å². The molecule has 0 radical (unpaired) electrons. The number of pyridine rings is 1. The zero-order valence-corrected chi connectivity index (χ0v) is 12.9. The molecule has 0 bridgehead atoms. The van der Waals surface area contributed by atoms with Crippen molar-refractivity contribution in [2.24, 2.45) is 0 Å². The molecule has 0 aliphatic heterocycles. The van der Waals surface area contributed by atoms with Gasteiger partial charge in [-0.2, -0.15) is 12.6 Å². The highest BCUT2D eigenvalue weighted by Crippen LogP contribution is 2.09. The van der Waals surface area contributed by atoms with Gasteiger partial charge in [0.1, 0.15) is 0 Å². The van der Waals surface area contributed by atoms with Gasteiger partial charge in [-0.1, -0.05) is 0 Å². The molecule has 1 N–H and O–H groups in total. The number of nitrogens with one attached hydrogen (secondary N) is 1. The van der Waals surface area contributed by atoms with E-state index in [2.05, 4.69) is 45.5 Å². The summed E-state index contributed by atoms with van der Waals surface area (Å²) in [4.78, 5) is 4.19. The molecule has 17 heavy (non-hydrogen) atoms. The molecule has 0 amide bonds. The second-order valence-corrected chi connectivity index (χ2v) is 5.39. The fraction of sp³-hybridized carbons (Fsp3) is 0.583. The fourth-order valence-corrected chi connectivity index (χ4v) is 1.83. The third-order valence-electron chi connectivity index (χ3n) is 2.24. The van der Waals surface area contributed by atoms with Crippen LogP contribution in [-0.2, 0) is 0 Å². The van der Waals surface area contributed by atoms with E-state index >= 15 is 0 Å². The first-order valence-corrected chi connectivity index (χ1v) is 7.60. The lowest BCUT2D eigenvalue weighted by Crippen LogP contribution is -2.17. The van der Waals surface area contributed by atoms with E-state index in [4.69, 9.17) is 4.74 Å². The maximum absolute atomic E-state index is 5.54. The molecule has 0 unspecified atom stereocenters. The molecule has 1 heterocycles. The Labute approximate surface area is 122 Å². The first-order valence-electron chi connectivity index (χ1n) is 5.89. The van der Waals surface area contributed by atoms with Crippen molar-refractivity contribution in [2.45, 2.75) is 19.3 Å². The second kappa shape index (κ2) is 9.96. The Morgan fingerprint density at radius 2 is 2.12 bits per heavy atom. The molecule has 0 saturated carbocycles. The number of halogens is 1. The van der Waals surface area contributed by atoms with Crippen LogP contribution in [0.2, 0.25) is 0 Å². The van der Waals surface area contributed by atoms with Crippen molar-refractivity contribution in [1.82, 2.24) is 10.3 Å². The van der Waals surface area contributed by atoms with Crippen LogP contribution in [0.3, 0.4) is 0 Å². The van der Waals surface area contributed by atoms with Crippen LogP contribution in [0.15, 0.2) is 18.3 Å². The van der Waals surface area contributed by atoms with E-state index in [0.29, 0.717) is 0 Å². The molecule has 5 heteroatoms. The summed E-state index contributed by atoms with van der Waals surface area (Å²) in [7, 11) is 0. The maximum atomic E-state index is 5.54. The highest BCUT2D eigenvalue weighted by atomic mass is 127. The molecular weight excluding hydrogens is 347 g/mol. The van der Waals surface area contributed by atoms with E-state index in [9.17, 15) is 0 Å². The van der Waals surface area contributed by atoms with Crippen molar-refractivity contribution < 1.29 is 4.74 Å². The summed E-state index contributed by atoms with van der Waals surface area (Å²) in [5, 5.41) is 3.32. The summed E-state index contributed by atoms with van der Waals surface area (Å²) in [5.74, 6) is 1.63. The number of thiol groups is 1. The number of aromatic nitrogens is 1. The van der Waals surface area contributed by atoms with Gasteiger partial charge in [-0.25, -0.2) is 4.98 Å². The van der Waals surface area contributed by atoms with Gasteiger partial charge in [-0.15, -0.1) is 0 Å². The number of rotatable bonds is 9. The highest BCUT2D eigenvalue weighted by molar-refractivity contribution is 14.1. The Morgan fingerprint density at radius 3 is 2.82 bits per heavy atom. The number of hydrogen-bond donors (Lipinski definition) is 2. The average molecular weight is 366 g/mol. The SMILES string of the molecule is SCCNCCCCCOc1ccc(I)cn1. The number of nitrogens with zero attached hydrogens (tertiary/aromatic N) is 1. The predicted octanol–water partition coefficient (Wildman–Crippen LogP) is 2.75. The highest BCUT2D eigenvalue weighted by Gasteiger charge is 1.95. The summed E-state index contributed by atoms with van der Waals surface area (Å²) in [6, 6.07) is 3.92.